The number of hydrogen-bond acceptors (Lipinski definition) is 4. The number of carbonyl (C=O) groups is 1. The molecule has 4 aromatic rings. The molecule has 0 spiro atoms. The van der Waals surface area contributed by atoms with E-state index >= 15 is 0 Å². The van der Waals surface area contributed by atoms with E-state index < -0.39 is 5.97 Å². The van der Waals surface area contributed by atoms with Gasteiger partial charge in [0.2, 0.25) is 0 Å². The van der Waals surface area contributed by atoms with Gasteiger partial charge >= 0.3 is 5.97 Å². The smallest absolute Gasteiger partial charge is 0.323 e. The zero-order valence-corrected chi connectivity index (χ0v) is 15.9. The molecule has 4 rings (SSSR count). The van der Waals surface area contributed by atoms with Crippen LogP contribution in [0.3, 0.4) is 0 Å². The van der Waals surface area contributed by atoms with Gasteiger partial charge in [-0.05, 0) is 36.8 Å². The summed E-state index contributed by atoms with van der Waals surface area (Å²) in [6.45, 7) is 1.71. The van der Waals surface area contributed by atoms with Crippen molar-refractivity contribution >= 4 is 33.5 Å². The Morgan fingerprint density at radius 1 is 1.18 bits per heavy atom. The molecule has 0 saturated heterocycles. The van der Waals surface area contributed by atoms with Crippen molar-refractivity contribution in [2.24, 2.45) is 0 Å². The minimum Gasteiger partial charge on any atom is -0.480 e. The summed E-state index contributed by atoms with van der Waals surface area (Å²) >= 11 is 0. The van der Waals surface area contributed by atoms with Gasteiger partial charge in [-0.25, -0.2) is 4.98 Å². The van der Waals surface area contributed by atoms with Gasteiger partial charge in [0.15, 0.2) is 5.43 Å². The number of pyridine rings is 1. The van der Waals surface area contributed by atoms with Gasteiger partial charge in [-0.1, -0.05) is 6.07 Å². The molecule has 142 valence electrons. The van der Waals surface area contributed by atoms with E-state index in [1.54, 1.807) is 35.4 Å². The highest BCUT2D eigenvalue weighted by molar-refractivity contribution is 6.01. The number of nitrogens with zero attached hydrogens (tertiary/aromatic N) is 4. The summed E-state index contributed by atoms with van der Waals surface area (Å²) in [5.41, 5.74) is 3.73. The Hall–Kier alpha value is -3.61. The van der Waals surface area contributed by atoms with Gasteiger partial charge in [0.25, 0.3) is 0 Å². The molecule has 0 atom stereocenters. The molecule has 0 radical (unpaired) electrons. The maximum atomic E-state index is 13.2. The first-order chi connectivity index (χ1) is 13.4. The third-order valence-corrected chi connectivity index (χ3v) is 4.93. The number of fused-ring (bicyclic) bond motifs is 2. The van der Waals surface area contributed by atoms with Crippen molar-refractivity contribution in [1.29, 1.82) is 0 Å². The molecule has 7 nitrogen and oxygen atoms in total. The van der Waals surface area contributed by atoms with Crippen LogP contribution >= 0.6 is 0 Å². The van der Waals surface area contributed by atoms with Crippen molar-refractivity contribution in [3.8, 4) is 5.69 Å². The van der Waals surface area contributed by atoms with Crippen LogP contribution in [0.1, 0.15) is 5.56 Å². The fourth-order valence-electron chi connectivity index (χ4n) is 3.77. The second-order valence-electron chi connectivity index (χ2n) is 7.00. The highest BCUT2D eigenvalue weighted by Crippen LogP contribution is 2.31. The molecule has 1 N–H and O–H groups in total. The summed E-state index contributed by atoms with van der Waals surface area (Å²) in [5, 5.41) is 10.6. The van der Waals surface area contributed by atoms with Gasteiger partial charge < -0.3 is 19.1 Å². The van der Waals surface area contributed by atoms with Gasteiger partial charge in [0, 0.05) is 42.9 Å². The first kappa shape index (κ1) is 17.8. The number of hydrogen-bond donors (Lipinski definition) is 1. The van der Waals surface area contributed by atoms with Gasteiger partial charge in [-0.3, -0.25) is 9.59 Å². The highest BCUT2D eigenvalue weighted by Gasteiger charge is 2.18. The topological polar surface area (TPSA) is 80.4 Å². The summed E-state index contributed by atoms with van der Waals surface area (Å²) in [6.07, 6.45) is 5.14. The van der Waals surface area contributed by atoms with Gasteiger partial charge in [0.1, 0.15) is 6.54 Å². The molecule has 2 aromatic heterocycles. The van der Waals surface area contributed by atoms with E-state index in [2.05, 4.69) is 4.98 Å². The first-order valence-electron chi connectivity index (χ1n) is 8.86. The second kappa shape index (κ2) is 6.53. The third-order valence-electron chi connectivity index (χ3n) is 4.93. The lowest BCUT2D eigenvalue weighted by atomic mass is 10.0. The predicted molar refractivity (Wildman–Crippen MR) is 110 cm³/mol. The average Bonchev–Trinajstić information content (AvgIpc) is 3.18. The molecule has 0 saturated carbocycles. The van der Waals surface area contributed by atoms with Crippen LogP contribution in [0.2, 0.25) is 0 Å². The van der Waals surface area contributed by atoms with E-state index in [-0.39, 0.29) is 12.0 Å². The summed E-state index contributed by atoms with van der Waals surface area (Å²) in [7, 11) is 3.78. The summed E-state index contributed by atoms with van der Waals surface area (Å²) in [6, 6.07) is 9.10. The van der Waals surface area contributed by atoms with E-state index in [4.69, 9.17) is 0 Å². The lowest BCUT2D eigenvalue weighted by molar-refractivity contribution is -0.137. The monoisotopic (exact) mass is 376 g/mol. The zero-order chi connectivity index (χ0) is 20.0. The van der Waals surface area contributed by atoms with E-state index in [9.17, 15) is 14.7 Å². The van der Waals surface area contributed by atoms with Crippen molar-refractivity contribution in [2.45, 2.75) is 13.5 Å². The number of aryl methyl sites for hydroxylation is 1. The fourth-order valence-corrected chi connectivity index (χ4v) is 3.77. The van der Waals surface area contributed by atoms with Crippen LogP contribution in [-0.2, 0) is 11.3 Å². The fraction of sp³-hybridized carbons (Fsp3) is 0.190. The van der Waals surface area contributed by atoms with Crippen molar-refractivity contribution in [2.75, 3.05) is 19.0 Å². The van der Waals surface area contributed by atoms with E-state index in [0.29, 0.717) is 21.8 Å². The van der Waals surface area contributed by atoms with Gasteiger partial charge in [-0.2, -0.15) is 0 Å². The predicted octanol–water partition coefficient (Wildman–Crippen LogP) is 2.80. The number of anilines is 1. The van der Waals surface area contributed by atoms with E-state index in [1.807, 2.05) is 48.7 Å². The average molecular weight is 376 g/mol. The lowest BCUT2D eigenvalue weighted by Crippen LogP contribution is -2.20. The number of aromatic nitrogens is 3. The molecule has 0 bridgehead atoms. The largest absolute Gasteiger partial charge is 0.480 e. The molecule has 28 heavy (non-hydrogen) atoms. The Morgan fingerprint density at radius 3 is 2.57 bits per heavy atom. The Balaban J connectivity index is 2.21. The summed E-state index contributed by atoms with van der Waals surface area (Å²) < 4.78 is 3.54. The minimum absolute atomic E-state index is 0.105. The van der Waals surface area contributed by atoms with Crippen LogP contribution in [0, 0.1) is 6.92 Å². The number of imidazole rings is 1. The van der Waals surface area contributed by atoms with Crippen molar-refractivity contribution in [3.05, 3.63) is 64.8 Å². The maximum Gasteiger partial charge on any atom is 0.323 e. The van der Waals surface area contributed by atoms with Crippen LogP contribution in [-0.4, -0.2) is 39.3 Å². The highest BCUT2D eigenvalue weighted by atomic mass is 16.4. The maximum absolute atomic E-state index is 13.2. The first-order valence-corrected chi connectivity index (χ1v) is 8.86. The zero-order valence-electron chi connectivity index (χ0n) is 15.9. The molecule has 0 fully saturated rings. The third kappa shape index (κ3) is 2.72. The van der Waals surface area contributed by atoms with Gasteiger partial charge in [-0.15, -0.1) is 0 Å². The molecule has 7 heteroatoms. The normalized spacial score (nSPS) is 11.2. The lowest BCUT2D eigenvalue weighted by Gasteiger charge is -2.23. The Morgan fingerprint density at radius 2 is 1.93 bits per heavy atom. The molecule has 0 unspecified atom stereocenters. The van der Waals surface area contributed by atoms with Crippen LogP contribution in [0.4, 0.5) is 5.69 Å². The Bertz CT molecular complexity index is 1270. The molecular weight excluding hydrogens is 356 g/mol. The summed E-state index contributed by atoms with van der Waals surface area (Å²) in [5.74, 6) is -0.967. The van der Waals surface area contributed by atoms with Crippen LogP contribution in [0.5, 0.6) is 0 Å². The quantitative estimate of drug-likeness (QED) is 0.554. The number of carboxylic acids is 1. The SMILES string of the molecule is Cc1ccc2c(=O)c3ccc(-n4ccnc4)cc3n(CC(=O)O)c2c1N(C)C. The Labute approximate surface area is 161 Å². The van der Waals surface area contributed by atoms with Crippen LogP contribution in [0.25, 0.3) is 27.5 Å². The van der Waals surface area contributed by atoms with E-state index in [0.717, 1.165) is 16.9 Å². The summed E-state index contributed by atoms with van der Waals surface area (Å²) in [4.78, 5) is 30.9. The molecular formula is C21H20N4O3. The molecule has 2 heterocycles. The number of carboxylic acid groups (broad SMARTS) is 1. The molecule has 0 aliphatic heterocycles. The van der Waals surface area contributed by atoms with Gasteiger partial charge in [0.05, 0.1) is 23.0 Å². The van der Waals surface area contributed by atoms with Crippen molar-refractivity contribution in [3.63, 3.8) is 0 Å². The molecule has 0 amide bonds. The van der Waals surface area contributed by atoms with E-state index in [1.165, 1.54) is 0 Å². The second-order valence-corrected chi connectivity index (χ2v) is 7.00. The molecule has 0 aliphatic carbocycles. The number of aliphatic carboxylic acids is 1. The van der Waals surface area contributed by atoms with Crippen molar-refractivity contribution in [1.82, 2.24) is 14.1 Å². The van der Waals surface area contributed by atoms with Crippen molar-refractivity contribution < 1.29 is 9.90 Å². The molecule has 0 aliphatic rings. The standard InChI is InChI=1S/C21H20N4O3/c1-13-4-6-16-20(19(13)23(2)3)25(11-18(26)27)17-10-14(24-9-8-22-12-24)5-7-15(17)21(16)28/h4-10,12H,11H2,1-3H3,(H,26,27). The minimum atomic E-state index is -0.967. The number of rotatable bonds is 4. The van der Waals surface area contributed by atoms with Crippen LogP contribution < -0.4 is 10.3 Å². The number of benzene rings is 2. The Kier molecular flexibility index (Phi) is 4.15. The van der Waals surface area contributed by atoms with Crippen LogP contribution in [0.15, 0.2) is 53.8 Å². The molecule has 2 aromatic carbocycles.